The second-order valence-electron chi connectivity index (χ2n) is 5.17. The van der Waals surface area contributed by atoms with Crippen molar-refractivity contribution in [1.29, 1.82) is 0 Å². The summed E-state index contributed by atoms with van der Waals surface area (Å²) in [6, 6.07) is 4.91. The number of hydrogen-bond acceptors (Lipinski definition) is 3. The SMILES string of the molecule is CN(Cc1ccc(C(F)(F)F)cc1)[C@@H]1CCS(=O)(=O)C1. The van der Waals surface area contributed by atoms with Crippen molar-refractivity contribution in [2.75, 3.05) is 18.6 Å². The van der Waals surface area contributed by atoms with Crippen LogP contribution < -0.4 is 0 Å². The lowest BCUT2D eigenvalue weighted by atomic mass is 10.1. The molecule has 1 saturated heterocycles. The van der Waals surface area contributed by atoms with Gasteiger partial charge in [-0.3, -0.25) is 4.90 Å². The van der Waals surface area contributed by atoms with E-state index in [0.29, 0.717) is 13.0 Å². The molecule has 0 bridgehead atoms. The molecule has 1 atom stereocenters. The van der Waals surface area contributed by atoms with Crippen LogP contribution in [0, 0.1) is 0 Å². The number of benzene rings is 1. The van der Waals surface area contributed by atoms with Gasteiger partial charge in [-0.1, -0.05) is 12.1 Å². The van der Waals surface area contributed by atoms with Gasteiger partial charge < -0.3 is 0 Å². The van der Waals surface area contributed by atoms with Gasteiger partial charge in [-0.15, -0.1) is 0 Å². The summed E-state index contributed by atoms with van der Waals surface area (Å²) < 4.78 is 60.1. The van der Waals surface area contributed by atoms with E-state index in [4.69, 9.17) is 0 Å². The summed E-state index contributed by atoms with van der Waals surface area (Å²) in [5.74, 6) is 0.319. The highest BCUT2D eigenvalue weighted by Gasteiger charge is 2.31. The van der Waals surface area contributed by atoms with Crippen molar-refractivity contribution in [3.8, 4) is 0 Å². The Morgan fingerprint density at radius 2 is 1.85 bits per heavy atom. The maximum atomic E-state index is 12.4. The van der Waals surface area contributed by atoms with Crippen molar-refractivity contribution in [3.63, 3.8) is 0 Å². The van der Waals surface area contributed by atoms with E-state index in [0.717, 1.165) is 17.7 Å². The van der Waals surface area contributed by atoms with E-state index in [1.54, 1.807) is 7.05 Å². The first-order chi connectivity index (χ1) is 9.17. The minimum absolute atomic E-state index is 0.0534. The van der Waals surface area contributed by atoms with Gasteiger partial charge in [-0.2, -0.15) is 13.2 Å². The number of alkyl halides is 3. The maximum Gasteiger partial charge on any atom is 0.416 e. The summed E-state index contributed by atoms with van der Waals surface area (Å²) in [7, 11) is -1.15. The molecular weight excluding hydrogens is 291 g/mol. The number of halogens is 3. The quantitative estimate of drug-likeness (QED) is 0.860. The van der Waals surface area contributed by atoms with Crippen LogP contribution in [-0.2, 0) is 22.6 Å². The van der Waals surface area contributed by atoms with Crippen molar-refractivity contribution in [1.82, 2.24) is 4.90 Å². The molecule has 0 N–H and O–H groups in total. The van der Waals surface area contributed by atoms with Gasteiger partial charge in [0.1, 0.15) is 0 Å². The monoisotopic (exact) mass is 307 g/mol. The third-order valence-electron chi connectivity index (χ3n) is 3.54. The van der Waals surface area contributed by atoms with Gasteiger partial charge in [0.05, 0.1) is 17.1 Å². The molecule has 2 rings (SSSR count). The molecule has 20 heavy (non-hydrogen) atoms. The van der Waals surface area contributed by atoms with Crippen molar-refractivity contribution in [2.24, 2.45) is 0 Å². The maximum absolute atomic E-state index is 12.4. The molecule has 112 valence electrons. The van der Waals surface area contributed by atoms with Gasteiger partial charge >= 0.3 is 6.18 Å². The minimum Gasteiger partial charge on any atom is -0.298 e. The van der Waals surface area contributed by atoms with Crippen LogP contribution >= 0.6 is 0 Å². The van der Waals surface area contributed by atoms with Crippen molar-refractivity contribution in [2.45, 2.75) is 25.2 Å². The first kappa shape index (κ1) is 15.3. The van der Waals surface area contributed by atoms with Crippen LogP contribution in [0.15, 0.2) is 24.3 Å². The van der Waals surface area contributed by atoms with Crippen LogP contribution in [0.2, 0.25) is 0 Å². The molecule has 1 aromatic carbocycles. The Morgan fingerprint density at radius 1 is 1.25 bits per heavy atom. The average molecular weight is 307 g/mol. The second-order valence-corrected chi connectivity index (χ2v) is 7.40. The van der Waals surface area contributed by atoms with Crippen molar-refractivity contribution >= 4 is 9.84 Å². The molecule has 0 unspecified atom stereocenters. The number of sulfone groups is 1. The highest BCUT2D eigenvalue weighted by Crippen LogP contribution is 2.29. The Kier molecular flexibility index (Phi) is 4.11. The molecule has 0 radical (unpaired) electrons. The van der Waals surface area contributed by atoms with Crippen LogP contribution in [-0.4, -0.2) is 37.9 Å². The molecular formula is C13H16F3NO2S. The average Bonchev–Trinajstić information content (AvgIpc) is 2.69. The zero-order valence-corrected chi connectivity index (χ0v) is 11.8. The van der Waals surface area contributed by atoms with E-state index < -0.39 is 21.6 Å². The van der Waals surface area contributed by atoms with Crippen LogP contribution in [0.25, 0.3) is 0 Å². The molecule has 1 fully saturated rings. The van der Waals surface area contributed by atoms with E-state index in [1.165, 1.54) is 12.1 Å². The Hall–Kier alpha value is -1.08. The van der Waals surface area contributed by atoms with Gasteiger partial charge in [0, 0.05) is 12.6 Å². The highest BCUT2D eigenvalue weighted by atomic mass is 32.2. The van der Waals surface area contributed by atoms with Crippen LogP contribution in [0.1, 0.15) is 17.5 Å². The molecule has 1 heterocycles. The third kappa shape index (κ3) is 3.73. The lowest BCUT2D eigenvalue weighted by Crippen LogP contribution is -2.32. The first-order valence-electron chi connectivity index (χ1n) is 6.24. The molecule has 0 amide bonds. The zero-order valence-electron chi connectivity index (χ0n) is 11.0. The van der Waals surface area contributed by atoms with Crippen molar-refractivity contribution < 1.29 is 21.6 Å². The van der Waals surface area contributed by atoms with Gasteiger partial charge in [0.2, 0.25) is 0 Å². The van der Waals surface area contributed by atoms with Gasteiger partial charge in [-0.25, -0.2) is 8.42 Å². The fourth-order valence-corrected chi connectivity index (χ4v) is 4.14. The molecule has 1 aromatic rings. The van der Waals surface area contributed by atoms with Crippen LogP contribution in [0.3, 0.4) is 0 Å². The fourth-order valence-electron chi connectivity index (χ4n) is 2.34. The summed E-state index contributed by atoms with van der Waals surface area (Å²) in [4.78, 5) is 1.88. The van der Waals surface area contributed by atoms with E-state index in [9.17, 15) is 21.6 Å². The predicted octanol–water partition coefficient (Wildman–Crippen LogP) is 2.32. The Bertz CT molecular complexity index is 566. The third-order valence-corrected chi connectivity index (χ3v) is 5.30. The van der Waals surface area contributed by atoms with Gasteiger partial charge in [0.25, 0.3) is 0 Å². The van der Waals surface area contributed by atoms with E-state index in [-0.39, 0.29) is 17.5 Å². The van der Waals surface area contributed by atoms with Crippen LogP contribution in [0.5, 0.6) is 0 Å². The number of rotatable bonds is 3. The number of nitrogens with zero attached hydrogens (tertiary/aromatic N) is 1. The van der Waals surface area contributed by atoms with Gasteiger partial charge in [-0.05, 0) is 31.2 Å². The highest BCUT2D eigenvalue weighted by molar-refractivity contribution is 7.91. The van der Waals surface area contributed by atoms with Gasteiger partial charge in [0.15, 0.2) is 9.84 Å². The fraction of sp³-hybridized carbons (Fsp3) is 0.538. The minimum atomic E-state index is -4.33. The molecule has 0 saturated carbocycles. The van der Waals surface area contributed by atoms with Crippen LogP contribution in [0.4, 0.5) is 13.2 Å². The summed E-state index contributed by atoms with van der Waals surface area (Å²) in [6.07, 6.45) is -3.75. The molecule has 1 aliphatic rings. The summed E-state index contributed by atoms with van der Waals surface area (Å²) >= 11 is 0. The normalized spacial score (nSPS) is 22.4. The first-order valence-corrected chi connectivity index (χ1v) is 8.06. The lowest BCUT2D eigenvalue weighted by Gasteiger charge is -2.23. The molecule has 7 heteroatoms. The van der Waals surface area contributed by atoms with E-state index in [1.807, 2.05) is 4.90 Å². The molecule has 0 aromatic heterocycles. The number of hydrogen-bond donors (Lipinski definition) is 0. The molecule has 1 aliphatic heterocycles. The standard InChI is InChI=1S/C13H16F3NO2S/c1-17(12-6-7-20(18,19)9-12)8-10-2-4-11(5-3-10)13(14,15)16/h2-5,12H,6-9H2,1H3/t12-/m1/s1. The Balaban J connectivity index is 2.00. The summed E-state index contributed by atoms with van der Waals surface area (Å²) in [5, 5.41) is 0. The molecule has 0 spiro atoms. The van der Waals surface area contributed by atoms with E-state index in [2.05, 4.69) is 0 Å². The Labute approximate surface area is 116 Å². The topological polar surface area (TPSA) is 37.4 Å². The van der Waals surface area contributed by atoms with E-state index >= 15 is 0 Å². The molecule has 0 aliphatic carbocycles. The smallest absolute Gasteiger partial charge is 0.298 e. The zero-order chi connectivity index (χ0) is 15.0. The second kappa shape index (κ2) is 5.37. The largest absolute Gasteiger partial charge is 0.416 e. The lowest BCUT2D eigenvalue weighted by molar-refractivity contribution is -0.137. The Morgan fingerprint density at radius 3 is 2.30 bits per heavy atom. The molecule has 3 nitrogen and oxygen atoms in total. The van der Waals surface area contributed by atoms with Crippen molar-refractivity contribution in [3.05, 3.63) is 35.4 Å². The summed E-state index contributed by atoms with van der Waals surface area (Å²) in [6.45, 7) is 0.443. The predicted molar refractivity (Wildman–Crippen MR) is 70.0 cm³/mol. The summed E-state index contributed by atoms with van der Waals surface area (Å²) in [5.41, 5.74) is 0.0668.